The van der Waals surface area contributed by atoms with Crippen LogP contribution in [0, 0.1) is 0 Å². The molecule has 0 aliphatic carbocycles. The highest BCUT2D eigenvalue weighted by atomic mass is 19.4. The number of pyridine rings is 1. The van der Waals surface area contributed by atoms with Gasteiger partial charge in [0.25, 0.3) is 0 Å². The number of hydrogen-bond acceptors (Lipinski definition) is 1. The Kier molecular flexibility index (Phi) is 3.86. The average molecular weight is 316 g/mol. The summed E-state index contributed by atoms with van der Waals surface area (Å²) in [7, 11) is 0. The van der Waals surface area contributed by atoms with Gasteiger partial charge >= 0.3 is 6.18 Å². The summed E-state index contributed by atoms with van der Waals surface area (Å²) in [5.74, 6) is -0.237. The molecule has 0 unspecified atom stereocenters. The Labute approximate surface area is 130 Å². The molecule has 0 saturated heterocycles. The lowest BCUT2D eigenvalue weighted by Gasteiger charge is -2.06. The minimum atomic E-state index is -4.39. The van der Waals surface area contributed by atoms with Crippen LogP contribution in [0.3, 0.4) is 0 Å². The number of carbonyl (C=O) groups is 1. The molecule has 116 valence electrons. The van der Waals surface area contributed by atoms with Crippen LogP contribution in [0.2, 0.25) is 0 Å². The first-order chi connectivity index (χ1) is 10.9. The number of hydrogen-bond donors (Lipinski definition) is 0. The third-order valence-electron chi connectivity index (χ3n) is 3.61. The fraction of sp³-hybridized carbons (Fsp3) is 0.111. The smallest absolute Gasteiger partial charge is 0.287 e. The summed E-state index contributed by atoms with van der Waals surface area (Å²) in [6.07, 6.45) is -0.768. The number of fused-ring (bicyclic) bond motifs is 1. The van der Waals surface area contributed by atoms with E-state index in [1.165, 1.54) is 12.1 Å². The highest BCUT2D eigenvalue weighted by Gasteiger charge is 2.30. The van der Waals surface area contributed by atoms with Crippen molar-refractivity contribution in [1.82, 2.24) is 0 Å². The molecule has 0 bridgehead atoms. The van der Waals surface area contributed by atoms with Gasteiger partial charge in [0.05, 0.1) is 5.56 Å². The van der Waals surface area contributed by atoms with Gasteiger partial charge in [-0.25, -0.2) is 0 Å². The minimum absolute atomic E-state index is 0.0796. The van der Waals surface area contributed by atoms with E-state index in [1.807, 2.05) is 36.5 Å². The van der Waals surface area contributed by atoms with Gasteiger partial charge in [-0.2, -0.15) is 17.7 Å². The molecule has 0 saturated carbocycles. The van der Waals surface area contributed by atoms with E-state index in [-0.39, 0.29) is 17.9 Å². The van der Waals surface area contributed by atoms with Crippen molar-refractivity contribution in [2.75, 3.05) is 0 Å². The van der Waals surface area contributed by atoms with E-state index in [0.29, 0.717) is 0 Å². The van der Waals surface area contributed by atoms with E-state index in [1.54, 1.807) is 10.8 Å². The number of halogens is 3. The molecule has 2 aromatic carbocycles. The molecule has 5 heteroatoms. The van der Waals surface area contributed by atoms with Crippen LogP contribution in [-0.4, -0.2) is 5.78 Å². The predicted octanol–water partition coefficient (Wildman–Crippen LogP) is 4.03. The lowest BCUT2D eigenvalue weighted by Crippen LogP contribution is -2.37. The van der Waals surface area contributed by atoms with Crippen molar-refractivity contribution < 1.29 is 22.5 Å². The van der Waals surface area contributed by atoms with Gasteiger partial charge in [-0.15, -0.1) is 0 Å². The minimum Gasteiger partial charge on any atom is -0.287 e. The number of benzene rings is 2. The molecule has 0 atom stereocenters. The number of carbonyl (C=O) groups excluding carboxylic acids is 1. The van der Waals surface area contributed by atoms with E-state index in [2.05, 4.69) is 0 Å². The van der Waals surface area contributed by atoms with Gasteiger partial charge in [0.2, 0.25) is 12.3 Å². The first-order valence-electron chi connectivity index (χ1n) is 7.02. The molecule has 0 fully saturated rings. The molecule has 23 heavy (non-hydrogen) atoms. The monoisotopic (exact) mass is 316 g/mol. The summed E-state index contributed by atoms with van der Waals surface area (Å²) in [4.78, 5) is 12.2. The van der Waals surface area contributed by atoms with Gasteiger partial charge in [0, 0.05) is 17.0 Å². The van der Waals surface area contributed by atoms with E-state index >= 15 is 0 Å². The van der Waals surface area contributed by atoms with Gasteiger partial charge in [-0.1, -0.05) is 30.3 Å². The molecule has 0 amide bonds. The predicted molar refractivity (Wildman–Crippen MR) is 79.9 cm³/mol. The maximum Gasteiger partial charge on any atom is 0.416 e. The summed E-state index contributed by atoms with van der Waals surface area (Å²) >= 11 is 0. The van der Waals surface area contributed by atoms with Crippen LogP contribution >= 0.6 is 0 Å². The van der Waals surface area contributed by atoms with Crippen LogP contribution in [0.4, 0.5) is 13.2 Å². The number of nitrogens with zero attached hydrogens (tertiary/aromatic N) is 1. The number of ketones is 1. The normalized spacial score (nSPS) is 11.6. The Hall–Kier alpha value is -2.69. The highest BCUT2D eigenvalue weighted by Crippen LogP contribution is 2.29. The van der Waals surface area contributed by atoms with Gasteiger partial charge in [0.1, 0.15) is 0 Å². The standard InChI is InChI=1S/C18H13F3NO/c19-18(20,21)16-7-5-14(6-8-16)17(23)12-22-10-9-13-3-1-2-4-15(13)11-22/h1-11H,12H2/q+1. The lowest BCUT2D eigenvalue weighted by atomic mass is 10.1. The maximum absolute atomic E-state index is 12.5. The molecule has 0 N–H and O–H groups in total. The zero-order valence-electron chi connectivity index (χ0n) is 12.0. The third-order valence-corrected chi connectivity index (χ3v) is 3.61. The number of rotatable bonds is 3. The van der Waals surface area contributed by atoms with Crippen molar-refractivity contribution in [1.29, 1.82) is 0 Å². The molecule has 3 aromatic rings. The van der Waals surface area contributed by atoms with Crippen molar-refractivity contribution in [3.8, 4) is 0 Å². The first-order valence-corrected chi connectivity index (χ1v) is 7.02. The topological polar surface area (TPSA) is 20.9 Å². The van der Waals surface area contributed by atoms with E-state index < -0.39 is 11.7 Å². The van der Waals surface area contributed by atoms with Crippen LogP contribution in [0.1, 0.15) is 15.9 Å². The molecule has 0 spiro atoms. The second-order valence-electron chi connectivity index (χ2n) is 5.24. The Balaban J connectivity index is 1.80. The molecule has 3 rings (SSSR count). The number of Topliss-reactive ketones (excluding diaryl/α,β-unsaturated/α-hetero) is 1. The van der Waals surface area contributed by atoms with Gasteiger partial charge in [-0.3, -0.25) is 4.79 Å². The molecule has 0 radical (unpaired) electrons. The van der Waals surface area contributed by atoms with Crippen LogP contribution in [-0.2, 0) is 12.7 Å². The van der Waals surface area contributed by atoms with Crippen molar-refractivity contribution in [2.24, 2.45) is 0 Å². The van der Waals surface area contributed by atoms with Crippen LogP contribution in [0.25, 0.3) is 10.8 Å². The second-order valence-corrected chi connectivity index (χ2v) is 5.24. The van der Waals surface area contributed by atoms with Crippen LogP contribution in [0.15, 0.2) is 67.0 Å². The summed E-state index contributed by atoms with van der Waals surface area (Å²) in [5, 5.41) is 2.06. The van der Waals surface area contributed by atoms with E-state index in [4.69, 9.17) is 0 Å². The average Bonchev–Trinajstić information content (AvgIpc) is 2.54. The van der Waals surface area contributed by atoms with Gasteiger partial charge < -0.3 is 0 Å². The van der Waals surface area contributed by atoms with Crippen molar-refractivity contribution in [3.63, 3.8) is 0 Å². The van der Waals surface area contributed by atoms with Crippen molar-refractivity contribution in [3.05, 3.63) is 78.1 Å². The Bertz CT molecular complexity index is 854. The van der Waals surface area contributed by atoms with Gasteiger partial charge in [0.15, 0.2) is 12.4 Å². The SMILES string of the molecule is O=C(C[n+]1ccc2ccccc2c1)c1ccc(C(F)(F)F)cc1. The number of alkyl halides is 3. The quantitative estimate of drug-likeness (QED) is 0.528. The molecule has 2 nitrogen and oxygen atoms in total. The molecular weight excluding hydrogens is 303 g/mol. The van der Waals surface area contributed by atoms with Gasteiger partial charge in [-0.05, 0) is 23.6 Å². The summed E-state index contributed by atoms with van der Waals surface area (Å²) in [6, 6.07) is 13.9. The Morgan fingerprint density at radius 2 is 1.57 bits per heavy atom. The molecule has 1 heterocycles. The highest BCUT2D eigenvalue weighted by molar-refractivity contribution is 5.95. The second kappa shape index (κ2) is 5.83. The Morgan fingerprint density at radius 3 is 2.22 bits per heavy atom. The van der Waals surface area contributed by atoms with E-state index in [0.717, 1.165) is 22.9 Å². The summed E-state index contributed by atoms with van der Waals surface area (Å²) in [5.41, 5.74) is -0.494. The number of aromatic nitrogens is 1. The van der Waals surface area contributed by atoms with Crippen molar-refractivity contribution >= 4 is 16.6 Å². The van der Waals surface area contributed by atoms with Crippen LogP contribution in [0.5, 0.6) is 0 Å². The van der Waals surface area contributed by atoms with Crippen LogP contribution < -0.4 is 4.57 Å². The first kappa shape index (κ1) is 15.2. The third kappa shape index (κ3) is 3.39. The Morgan fingerprint density at radius 1 is 0.913 bits per heavy atom. The van der Waals surface area contributed by atoms with Crippen molar-refractivity contribution in [2.45, 2.75) is 12.7 Å². The fourth-order valence-electron chi connectivity index (χ4n) is 2.38. The molecule has 0 aliphatic heterocycles. The summed E-state index contributed by atoms with van der Waals surface area (Å²) < 4.78 is 39.3. The zero-order chi connectivity index (χ0) is 16.4. The molecule has 0 aliphatic rings. The molecule has 1 aromatic heterocycles. The maximum atomic E-state index is 12.5. The summed E-state index contributed by atoms with van der Waals surface area (Å²) in [6.45, 7) is 0.0796. The zero-order valence-corrected chi connectivity index (χ0v) is 12.0. The lowest BCUT2D eigenvalue weighted by molar-refractivity contribution is -0.681. The van der Waals surface area contributed by atoms with E-state index in [9.17, 15) is 18.0 Å². The molecular formula is C18H13F3NO+. The largest absolute Gasteiger partial charge is 0.416 e. The fourth-order valence-corrected chi connectivity index (χ4v) is 2.38.